The first-order valence-corrected chi connectivity index (χ1v) is 7.20. The van der Waals surface area contributed by atoms with E-state index in [1.165, 1.54) is 6.07 Å². The highest BCUT2D eigenvalue weighted by Gasteiger charge is 2.43. The summed E-state index contributed by atoms with van der Waals surface area (Å²) < 4.78 is 20.2. The normalized spacial score (nSPS) is 31.8. The maximum Gasteiger partial charge on any atom is 0.126 e. The fourth-order valence-electron chi connectivity index (χ4n) is 3.16. The lowest BCUT2D eigenvalue weighted by Crippen LogP contribution is -2.31. The van der Waals surface area contributed by atoms with Crippen LogP contribution < -0.4 is 0 Å². The summed E-state index contributed by atoms with van der Waals surface area (Å²) in [6.07, 6.45) is 3.42. The number of fused-ring (bicyclic) bond motifs is 2. The van der Waals surface area contributed by atoms with Crippen molar-refractivity contribution in [3.05, 3.63) is 34.1 Å². The van der Waals surface area contributed by atoms with Crippen LogP contribution in [0.3, 0.4) is 0 Å². The van der Waals surface area contributed by atoms with Crippen LogP contribution in [0, 0.1) is 11.7 Å². The van der Waals surface area contributed by atoms with Gasteiger partial charge in [-0.25, -0.2) is 4.39 Å². The molecule has 4 atom stereocenters. The number of aliphatic hydroxyl groups excluding tert-OH is 1. The van der Waals surface area contributed by atoms with Gasteiger partial charge in [0.05, 0.1) is 18.3 Å². The molecule has 0 aliphatic carbocycles. The molecule has 0 aromatic heterocycles. The van der Waals surface area contributed by atoms with Gasteiger partial charge in [0.25, 0.3) is 0 Å². The summed E-state index contributed by atoms with van der Waals surface area (Å²) in [6.45, 7) is 0. The molecule has 4 heteroatoms. The van der Waals surface area contributed by atoms with Gasteiger partial charge in [-0.1, -0.05) is 15.9 Å². The first-order valence-electron chi connectivity index (χ1n) is 6.41. The third kappa shape index (κ3) is 2.33. The number of benzene rings is 1. The van der Waals surface area contributed by atoms with Crippen molar-refractivity contribution in [1.82, 2.24) is 0 Å². The summed E-state index contributed by atoms with van der Waals surface area (Å²) in [5.41, 5.74) is 0.569. The Morgan fingerprint density at radius 2 is 2.28 bits per heavy atom. The molecule has 1 N–H and O–H groups in total. The summed E-state index contributed by atoms with van der Waals surface area (Å²) in [5.74, 6) is -0.0801. The zero-order chi connectivity index (χ0) is 12.7. The van der Waals surface area contributed by atoms with Crippen LogP contribution in [0.1, 0.15) is 24.8 Å². The van der Waals surface area contributed by atoms with E-state index >= 15 is 0 Å². The zero-order valence-electron chi connectivity index (χ0n) is 9.98. The fraction of sp³-hybridized carbons (Fsp3) is 0.571. The Morgan fingerprint density at radius 3 is 2.94 bits per heavy atom. The van der Waals surface area contributed by atoms with Crippen molar-refractivity contribution in [3.63, 3.8) is 0 Å². The smallest absolute Gasteiger partial charge is 0.126 e. The fourth-order valence-corrected chi connectivity index (χ4v) is 3.57. The monoisotopic (exact) mass is 314 g/mol. The molecule has 2 aliphatic rings. The molecule has 2 heterocycles. The second kappa shape index (κ2) is 4.91. The van der Waals surface area contributed by atoms with Crippen molar-refractivity contribution in [2.24, 2.45) is 5.92 Å². The Bertz CT molecular complexity index is 451. The highest BCUT2D eigenvalue weighted by molar-refractivity contribution is 9.10. The minimum absolute atomic E-state index is 0.169. The maximum absolute atomic E-state index is 13.6. The largest absolute Gasteiger partial charge is 0.392 e. The molecule has 0 saturated carbocycles. The molecule has 0 amide bonds. The van der Waals surface area contributed by atoms with Gasteiger partial charge in [0.15, 0.2) is 0 Å². The van der Waals surface area contributed by atoms with Gasteiger partial charge in [-0.15, -0.1) is 0 Å². The molecule has 2 aliphatic heterocycles. The van der Waals surface area contributed by atoms with Crippen molar-refractivity contribution in [2.45, 2.75) is 44.0 Å². The van der Waals surface area contributed by atoms with Gasteiger partial charge in [0.1, 0.15) is 5.82 Å². The molecular weight excluding hydrogens is 299 g/mol. The number of ether oxygens (including phenoxy) is 1. The van der Waals surface area contributed by atoms with E-state index in [0.717, 1.165) is 23.7 Å². The van der Waals surface area contributed by atoms with Crippen LogP contribution in [0.4, 0.5) is 4.39 Å². The van der Waals surface area contributed by atoms with Crippen molar-refractivity contribution < 1.29 is 14.2 Å². The molecular formula is C14H16BrFO2. The molecule has 1 aromatic carbocycles. The first-order chi connectivity index (χ1) is 8.63. The summed E-state index contributed by atoms with van der Waals surface area (Å²) in [6, 6.07) is 4.85. The zero-order valence-corrected chi connectivity index (χ0v) is 11.6. The van der Waals surface area contributed by atoms with E-state index in [4.69, 9.17) is 4.74 Å². The lowest BCUT2D eigenvalue weighted by atomic mass is 9.83. The molecule has 0 spiro atoms. The molecule has 18 heavy (non-hydrogen) atoms. The SMILES string of the molecule is OC(Cc1cc(Br)ccc1F)C1CC2CCC1O2. The average molecular weight is 315 g/mol. The number of rotatable bonds is 3. The Balaban J connectivity index is 1.70. The summed E-state index contributed by atoms with van der Waals surface area (Å²) in [4.78, 5) is 0. The summed E-state index contributed by atoms with van der Waals surface area (Å²) in [5, 5.41) is 10.3. The van der Waals surface area contributed by atoms with Crippen LogP contribution in [-0.2, 0) is 11.2 Å². The topological polar surface area (TPSA) is 29.5 Å². The van der Waals surface area contributed by atoms with E-state index in [1.807, 2.05) is 0 Å². The standard InChI is InChI=1S/C14H16BrFO2/c15-9-1-3-12(16)8(5-9)6-13(17)11-7-10-2-4-14(11)18-10/h1,3,5,10-11,13-14,17H,2,4,6-7H2. The number of hydrogen-bond donors (Lipinski definition) is 1. The van der Waals surface area contributed by atoms with Crippen molar-refractivity contribution >= 4 is 15.9 Å². The Labute approximate surface area is 114 Å². The molecule has 98 valence electrons. The lowest BCUT2D eigenvalue weighted by molar-refractivity contribution is 0.0428. The van der Waals surface area contributed by atoms with Crippen LogP contribution in [0.15, 0.2) is 22.7 Å². The molecule has 1 aromatic rings. The molecule has 4 unspecified atom stereocenters. The minimum atomic E-state index is -0.510. The minimum Gasteiger partial charge on any atom is -0.392 e. The third-order valence-electron chi connectivity index (χ3n) is 4.08. The lowest BCUT2D eigenvalue weighted by Gasteiger charge is -2.24. The molecule has 2 saturated heterocycles. The second-order valence-electron chi connectivity index (χ2n) is 5.28. The second-order valence-corrected chi connectivity index (χ2v) is 6.20. The third-order valence-corrected chi connectivity index (χ3v) is 4.58. The van der Waals surface area contributed by atoms with Gasteiger partial charge in [0, 0.05) is 16.8 Å². The molecule has 0 radical (unpaired) electrons. The van der Waals surface area contributed by atoms with Gasteiger partial charge in [-0.05, 0) is 43.0 Å². The average Bonchev–Trinajstić information content (AvgIpc) is 2.96. The summed E-state index contributed by atoms with van der Waals surface area (Å²) in [7, 11) is 0. The van der Waals surface area contributed by atoms with Gasteiger partial charge < -0.3 is 9.84 Å². The van der Waals surface area contributed by atoms with E-state index in [1.54, 1.807) is 12.1 Å². The van der Waals surface area contributed by atoms with Gasteiger partial charge >= 0.3 is 0 Å². The quantitative estimate of drug-likeness (QED) is 0.929. The molecule has 3 rings (SSSR count). The highest BCUT2D eigenvalue weighted by Crippen LogP contribution is 2.41. The van der Waals surface area contributed by atoms with E-state index in [2.05, 4.69) is 15.9 Å². The molecule has 2 fully saturated rings. The van der Waals surface area contributed by atoms with Crippen LogP contribution >= 0.6 is 15.9 Å². The van der Waals surface area contributed by atoms with Gasteiger partial charge in [-0.3, -0.25) is 0 Å². The van der Waals surface area contributed by atoms with Crippen LogP contribution in [-0.4, -0.2) is 23.4 Å². The van der Waals surface area contributed by atoms with E-state index in [-0.39, 0.29) is 17.8 Å². The van der Waals surface area contributed by atoms with E-state index < -0.39 is 6.10 Å². The number of aliphatic hydroxyl groups is 1. The summed E-state index contributed by atoms with van der Waals surface area (Å²) >= 11 is 3.33. The van der Waals surface area contributed by atoms with Crippen LogP contribution in [0.2, 0.25) is 0 Å². The van der Waals surface area contributed by atoms with E-state index in [0.29, 0.717) is 18.1 Å². The van der Waals surface area contributed by atoms with Crippen molar-refractivity contribution in [2.75, 3.05) is 0 Å². The van der Waals surface area contributed by atoms with Crippen molar-refractivity contribution in [1.29, 1.82) is 0 Å². The molecule has 2 bridgehead atoms. The number of hydrogen-bond acceptors (Lipinski definition) is 2. The van der Waals surface area contributed by atoms with Gasteiger partial charge in [-0.2, -0.15) is 0 Å². The van der Waals surface area contributed by atoms with E-state index in [9.17, 15) is 9.50 Å². The van der Waals surface area contributed by atoms with Crippen LogP contribution in [0.5, 0.6) is 0 Å². The maximum atomic E-state index is 13.6. The number of halogens is 2. The highest BCUT2D eigenvalue weighted by atomic mass is 79.9. The Kier molecular flexibility index (Phi) is 3.43. The van der Waals surface area contributed by atoms with Crippen molar-refractivity contribution in [3.8, 4) is 0 Å². The molecule has 2 nitrogen and oxygen atoms in total. The van der Waals surface area contributed by atoms with Crippen LogP contribution in [0.25, 0.3) is 0 Å². The first kappa shape index (κ1) is 12.6. The predicted molar refractivity (Wildman–Crippen MR) is 69.8 cm³/mol. The Hall–Kier alpha value is -0.450. The van der Waals surface area contributed by atoms with Gasteiger partial charge in [0.2, 0.25) is 0 Å². The Morgan fingerprint density at radius 1 is 1.44 bits per heavy atom. The predicted octanol–water partition coefficient (Wildman–Crippen LogP) is 3.06.